The third kappa shape index (κ3) is 8.18. The van der Waals surface area contributed by atoms with E-state index in [1.54, 1.807) is 4.40 Å². The Morgan fingerprint density at radius 2 is 1.49 bits per heavy atom. The number of imidazole rings is 1. The van der Waals surface area contributed by atoms with Gasteiger partial charge < -0.3 is 8.98 Å². The fourth-order valence-corrected chi connectivity index (χ4v) is 10.8. The molecule has 0 N–H and O–H groups in total. The second-order valence-corrected chi connectivity index (χ2v) is 26.5. The summed E-state index contributed by atoms with van der Waals surface area (Å²) in [7, 11) is 0. The number of furan rings is 1. The van der Waals surface area contributed by atoms with Crippen molar-refractivity contribution in [2.75, 3.05) is 0 Å². The minimum Gasteiger partial charge on any atom is -0.486 e. The summed E-state index contributed by atoms with van der Waals surface area (Å²) in [5, 5.41) is 2.03. The topological polar surface area (TPSA) is 56.7 Å². The molecule has 7 heteroatoms. The third-order valence-corrected chi connectivity index (χ3v) is 14.6. The summed E-state index contributed by atoms with van der Waals surface area (Å²) in [6.07, 6.45) is 3.27. The largest absolute Gasteiger partial charge is 0.486 e. The van der Waals surface area contributed by atoms with Crippen LogP contribution in [0.3, 0.4) is 0 Å². The Labute approximate surface area is 352 Å². The number of hydrogen-bond donors (Lipinski definition) is 0. The molecule has 0 aliphatic heterocycles. The van der Waals surface area contributed by atoms with E-state index >= 15 is 0 Å². The predicted molar refractivity (Wildman–Crippen MR) is 235 cm³/mol. The first kappa shape index (κ1) is 40.1. The molecule has 0 saturated heterocycles. The fraction of sp³-hybridized carbons (Fsp3) is 0.180. The van der Waals surface area contributed by atoms with E-state index in [1.165, 1.54) is 5.56 Å². The molecule has 0 atom stereocenters. The Kier molecular flexibility index (Phi) is 11.8. The molecule has 0 fully saturated rings. The van der Waals surface area contributed by atoms with E-state index in [9.17, 15) is 0 Å². The molecule has 4 heterocycles. The zero-order valence-electron chi connectivity index (χ0n) is 33.5. The summed E-state index contributed by atoms with van der Waals surface area (Å²) in [6, 6.07) is 50.4. The normalized spacial score (nSPS) is 11.5. The SMILES string of the molecule is CC(C)Cc1cc(-c2[c-]cccc2)nc[c]1[Ge]([CH3])([CH3])[CH3].Cc1cc2c(nc1C)oc1c(-c3nc4ccccc4n3-c3ccccc3-c3ccccc3)[c-]ccc12.[Ir]. The third-order valence-electron chi connectivity index (χ3n) is 10.3. The summed E-state index contributed by atoms with van der Waals surface area (Å²) in [5.74, 6) is 8.78. The first-order chi connectivity index (χ1) is 27.1. The van der Waals surface area contributed by atoms with Gasteiger partial charge in [0.15, 0.2) is 0 Å². The van der Waals surface area contributed by atoms with Crippen LogP contribution in [0.15, 0.2) is 138 Å². The predicted octanol–water partition coefficient (Wildman–Crippen LogP) is 12.4. The van der Waals surface area contributed by atoms with E-state index in [0.717, 1.165) is 84.5 Å². The molecule has 1 radical (unpaired) electrons. The van der Waals surface area contributed by atoms with Gasteiger partial charge in [0.1, 0.15) is 0 Å². The van der Waals surface area contributed by atoms with Gasteiger partial charge in [-0.25, -0.2) is 4.98 Å². The first-order valence-corrected chi connectivity index (χ1v) is 26.7. The molecule has 57 heavy (non-hydrogen) atoms. The Balaban J connectivity index is 0.000000202. The molecule has 0 spiro atoms. The van der Waals surface area contributed by atoms with Crippen molar-refractivity contribution in [3.63, 3.8) is 0 Å². The molecule has 4 aromatic heterocycles. The standard InChI is InChI=1S/C32H22N3O.C18H24GeN.Ir/c1-20-19-26-24-14-10-15-25(30(24)36-32(26)33-21(20)2)31-34-27-16-7-9-18-29(27)35(31)28-17-8-6-13-23(28)22-11-4-3-5-12-22;1-14(2)11-16-12-18(15-9-7-6-8-10-15)20-13-17(16)19(3,4)5;/h3-14,16-19H,1-2H3;6-9,12-14H,11H2,1-5H3;/q2*-1;. The number of benzene rings is 5. The Morgan fingerprint density at radius 1 is 0.754 bits per heavy atom. The number of para-hydroxylation sites is 3. The van der Waals surface area contributed by atoms with Gasteiger partial charge in [-0.2, -0.15) is 0 Å². The first-order valence-electron chi connectivity index (χ1n) is 19.4. The number of aryl methyl sites for hydroxylation is 2. The monoisotopic (exact) mass is 985 g/mol. The molecule has 9 aromatic rings. The molecular weight excluding hydrogens is 937 g/mol. The van der Waals surface area contributed by atoms with Crippen LogP contribution in [-0.4, -0.2) is 32.8 Å². The van der Waals surface area contributed by atoms with Gasteiger partial charge in [-0.15, -0.1) is 18.2 Å². The van der Waals surface area contributed by atoms with Gasteiger partial charge in [-0.05, 0) is 49.2 Å². The zero-order chi connectivity index (χ0) is 39.0. The quantitative estimate of drug-likeness (QED) is 0.118. The summed E-state index contributed by atoms with van der Waals surface area (Å²) in [5.41, 5.74) is 13.2. The van der Waals surface area contributed by atoms with E-state index in [-0.39, 0.29) is 20.1 Å². The van der Waals surface area contributed by atoms with Gasteiger partial charge in [0.2, 0.25) is 5.71 Å². The number of rotatable bonds is 7. The van der Waals surface area contributed by atoms with Gasteiger partial charge in [0, 0.05) is 42.4 Å². The Bertz CT molecular complexity index is 2820. The van der Waals surface area contributed by atoms with E-state index in [0.29, 0.717) is 11.6 Å². The maximum atomic E-state index is 6.38. The minimum atomic E-state index is -1.86. The summed E-state index contributed by atoms with van der Waals surface area (Å²) in [4.78, 5) is 14.5. The second kappa shape index (κ2) is 16.8. The van der Waals surface area contributed by atoms with Crippen LogP contribution in [-0.2, 0) is 26.5 Å². The van der Waals surface area contributed by atoms with Gasteiger partial charge in [0.25, 0.3) is 0 Å². The van der Waals surface area contributed by atoms with Gasteiger partial charge in [0.05, 0.1) is 22.4 Å². The second-order valence-electron chi connectivity index (χ2n) is 15.9. The molecule has 287 valence electrons. The van der Waals surface area contributed by atoms with Crippen LogP contribution in [0.25, 0.3) is 72.6 Å². The number of aromatic nitrogens is 4. The van der Waals surface area contributed by atoms with Crippen LogP contribution in [0, 0.1) is 31.9 Å². The molecule has 5 aromatic carbocycles. The smallest absolute Gasteiger partial charge is 0.216 e. The molecule has 0 saturated carbocycles. The average molecular weight is 984 g/mol. The van der Waals surface area contributed by atoms with Crippen molar-refractivity contribution in [1.82, 2.24) is 19.5 Å². The number of fused-ring (bicyclic) bond motifs is 4. The van der Waals surface area contributed by atoms with Crippen LogP contribution in [0.4, 0.5) is 0 Å². The number of pyridine rings is 2. The van der Waals surface area contributed by atoms with Crippen molar-refractivity contribution in [3.05, 3.63) is 163 Å². The molecule has 0 aliphatic rings. The van der Waals surface area contributed by atoms with E-state index in [4.69, 9.17) is 19.4 Å². The molecule has 9 rings (SSSR count). The van der Waals surface area contributed by atoms with Crippen LogP contribution < -0.4 is 4.40 Å². The van der Waals surface area contributed by atoms with Crippen molar-refractivity contribution in [1.29, 1.82) is 0 Å². The minimum absolute atomic E-state index is 0. The average Bonchev–Trinajstić information content (AvgIpc) is 3.76. The molecular formula is C50H46GeIrN4O-2. The molecule has 0 bridgehead atoms. The fourth-order valence-electron chi connectivity index (χ4n) is 7.47. The van der Waals surface area contributed by atoms with Gasteiger partial charge in [-0.1, -0.05) is 71.6 Å². The van der Waals surface area contributed by atoms with Crippen LogP contribution >= 0.6 is 0 Å². The Hall–Kier alpha value is -5.14. The number of nitrogens with zero attached hydrogens (tertiary/aromatic N) is 4. The van der Waals surface area contributed by atoms with Gasteiger partial charge in [-0.3, -0.25) is 4.98 Å². The van der Waals surface area contributed by atoms with Gasteiger partial charge >= 0.3 is 126 Å². The van der Waals surface area contributed by atoms with Crippen LogP contribution in [0.2, 0.25) is 17.3 Å². The zero-order valence-corrected chi connectivity index (χ0v) is 38.0. The van der Waals surface area contributed by atoms with Crippen molar-refractivity contribution in [2.24, 2.45) is 5.92 Å². The van der Waals surface area contributed by atoms with Crippen molar-refractivity contribution in [3.8, 4) is 39.5 Å². The summed E-state index contributed by atoms with van der Waals surface area (Å²) >= 11 is -1.86. The summed E-state index contributed by atoms with van der Waals surface area (Å²) < 4.78 is 10.1. The maximum Gasteiger partial charge on any atom is 0.216 e. The van der Waals surface area contributed by atoms with Crippen LogP contribution in [0.1, 0.15) is 30.7 Å². The van der Waals surface area contributed by atoms with E-state index in [2.05, 4.69) is 140 Å². The number of hydrogen-bond acceptors (Lipinski definition) is 4. The summed E-state index contributed by atoms with van der Waals surface area (Å²) in [6.45, 7) is 8.66. The molecule has 0 amide bonds. The van der Waals surface area contributed by atoms with Crippen LogP contribution in [0.5, 0.6) is 0 Å². The maximum absolute atomic E-state index is 6.38. The molecule has 5 nitrogen and oxygen atoms in total. The van der Waals surface area contributed by atoms with Crippen molar-refractivity contribution < 1.29 is 24.5 Å². The van der Waals surface area contributed by atoms with E-state index < -0.39 is 13.3 Å². The molecule has 0 aliphatic carbocycles. The van der Waals surface area contributed by atoms with E-state index in [1.807, 2.05) is 55.5 Å². The van der Waals surface area contributed by atoms with Crippen molar-refractivity contribution in [2.45, 2.75) is 51.4 Å². The van der Waals surface area contributed by atoms with Crippen molar-refractivity contribution >= 4 is 50.8 Å². The molecule has 0 unspecified atom stereocenters. The Morgan fingerprint density at radius 3 is 2.25 bits per heavy atom.